The number of Topliss-reactive ketones (excluding diaryl/α,β-unsaturated/α-hetero) is 1. The van der Waals surface area contributed by atoms with Crippen molar-refractivity contribution in [3.8, 4) is 0 Å². The molecular weight excluding hydrogens is 272 g/mol. The summed E-state index contributed by atoms with van der Waals surface area (Å²) in [5.74, 6) is 0.330. The maximum Gasteiger partial charge on any atom is 0.129 e. The lowest BCUT2D eigenvalue weighted by atomic mass is 9.98. The van der Waals surface area contributed by atoms with Crippen LogP contribution in [0.1, 0.15) is 105 Å². The molecule has 2 heteroatoms. The molecule has 0 rings (SSSR count). The molecule has 0 aromatic rings. The highest BCUT2D eigenvalue weighted by Gasteiger charge is 2.13. The highest BCUT2D eigenvalue weighted by molar-refractivity contribution is 5.75. The Morgan fingerprint density at radius 1 is 0.955 bits per heavy atom. The molecule has 0 saturated heterocycles. The summed E-state index contributed by atoms with van der Waals surface area (Å²) >= 11 is 0. The van der Waals surface area contributed by atoms with Crippen molar-refractivity contribution in [1.82, 2.24) is 0 Å². The lowest BCUT2D eigenvalue weighted by Gasteiger charge is -2.17. The van der Waals surface area contributed by atoms with Gasteiger partial charge >= 0.3 is 0 Å². The van der Waals surface area contributed by atoms with Crippen LogP contribution in [0.3, 0.4) is 0 Å². The second kappa shape index (κ2) is 16.7. The van der Waals surface area contributed by atoms with Crippen molar-refractivity contribution in [3.63, 3.8) is 0 Å². The Balaban J connectivity index is 0. The number of unbranched alkanes of at least 4 members (excludes halogenated alkanes) is 8. The third-order valence-corrected chi connectivity index (χ3v) is 3.86. The van der Waals surface area contributed by atoms with Crippen LogP contribution in [0.5, 0.6) is 0 Å². The standard InChI is InChI=1S/C11H22O.C9H18O/c1-4-6-7-8-9-10-11(3,12)5-2;1-3-4-5-6-7-8-9(2)10/h5,12H,2,4,6-10H2,1,3H3;3-8H2,1-2H3. The third-order valence-electron chi connectivity index (χ3n) is 3.86. The fraction of sp³-hybridized carbons (Fsp3) is 0.850. The molecule has 1 atom stereocenters. The molecule has 1 N–H and O–H groups in total. The van der Waals surface area contributed by atoms with Gasteiger partial charge in [0.05, 0.1) is 5.60 Å². The first kappa shape index (κ1) is 23.6. The fourth-order valence-electron chi connectivity index (χ4n) is 2.17. The van der Waals surface area contributed by atoms with Gasteiger partial charge < -0.3 is 9.90 Å². The van der Waals surface area contributed by atoms with Gasteiger partial charge in [-0.1, -0.05) is 77.7 Å². The van der Waals surface area contributed by atoms with Crippen LogP contribution in [-0.2, 0) is 4.79 Å². The molecule has 0 amide bonds. The summed E-state index contributed by atoms with van der Waals surface area (Å²) < 4.78 is 0. The zero-order chi connectivity index (χ0) is 17.3. The van der Waals surface area contributed by atoms with Crippen molar-refractivity contribution in [2.45, 2.75) is 110 Å². The van der Waals surface area contributed by atoms with Crippen LogP contribution in [0.25, 0.3) is 0 Å². The quantitative estimate of drug-likeness (QED) is 0.324. The van der Waals surface area contributed by atoms with Gasteiger partial charge in [-0.2, -0.15) is 0 Å². The molecular formula is C20H40O2. The predicted octanol–water partition coefficient (Wildman–Crippen LogP) is 6.22. The molecule has 2 nitrogen and oxygen atoms in total. The van der Waals surface area contributed by atoms with E-state index in [1.54, 1.807) is 13.0 Å². The van der Waals surface area contributed by atoms with Crippen molar-refractivity contribution >= 4 is 5.78 Å². The van der Waals surface area contributed by atoms with E-state index in [0.29, 0.717) is 5.78 Å². The summed E-state index contributed by atoms with van der Waals surface area (Å²) in [6, 6.07) is 0. The van der Waals surface area contributed by atoms with Crippen molar-refractivity contribution < 1.29 is 9.90 Å². The van der Waals surface area contributed by atoms with Crippen molar-refractivity contribution in [1.29, 1.82) is 0 Å². The maximum absolute atomic E-state index is 10.5. The normalized spacial score (nSPS) is 13.0. The zero-order valence-corrected chi connectivity index (χ0v) is 15.6. The number of aliphatic hydroxyl groups is 1. The second-order valence-electron chi connectivity index (χ2n) is 6.59. The van der Waals surface area contributed by atoms with E-state index in [0.717, 1.165) is 25.7 Å². The number of carbonyl (C=O) groups excluding carboxylic acids is 1. The summed E-state index contributed by atoms with van der Waals surface area (Å²) in [6.07, 6.45) is 15.7. The van der Waals surface area contributed by atoms with E-state index in [9.17, 15) is 9.90 Å². The van der Waals surface area contributed by atoms with E-state index in [1.807, 2.05) is 6.92 Å². The summed E-state index contributed by atoms with van der Waals surface area (Å²) in [4.78, 5) is 10.5. The van der Waals surface area contributed by atoms with E-state index in [1.165, 1.54) is 51.4 Å². The molecule has 0 aromatic carbocycles. The zero-order valence-electron chi connectivity index (χ0n) is 15.6. The van der Waals surface area contributed by atoms with Gasteiger partial charge in [-0.3, -0.25) is 0 Å². The average Bonchev–Trinajstić information content (AvgIpc) is 2.47. The van der Waals surface area contributed by atoms with Crippen LogP contribution >= 0.6 is 0 Å². The average molecular weight is 313 g/mol. The van der Waals surface area contributed by atoms with Crippen molar-refractivity contribution in [3.05, 3.63) is 12.7 Å². The lowest BCUT2D eigenvalue weighted by molar-refractivity contribution is -0.117. The van der Waals surface area contributed by atoms with Crippen molar-refractivity contribution in [2.75, 3.05) is 0 Å². The van der Waals surface area contributed by atoms with Gasteiger partial charge in [0.15, 0.2) is 0 Å². The summed E-state index contributed by atoms with van der Waals surface area (Å²) in [6.45, 7) is 11.5. The lowest BCUT2D eigenvalue weighted by Crippen LogP contribution is -2.19. The minimum atomic E-state index is -0.647. The van der Waals surface area contributed by atoms with Crippen LogP contribution in [0, 0.1) is 0 Å². The number of ketones is 1. The van der Waals surface area contributed by atoms with Crippen LogP contribution in [0.15, 0.2) is 12.7 Å². The van der Waals surface area contributed by atoms with Gasteiger partial charge in [0, 0.05) is 6.42 Å². The van der Waals surface area contributed by atoms with Gasteiger partial charge in [-0.05, 0) is 26.7 Å². The molecule has 0 aromatic heterocycles. The number of hydrogen-bond donors (Lipinski definition) is 1. The first-order valence-electron chi connectivity index (χ1n) is 9.25. The topological polar surface area (TPSA) is 37.3 Å². The van der Waals surface area contributed by atoms with Gasteiger partial charge in [0.25, 0.3) is 0 Å². The van der Waals surface area contributed by atoms with Crippen LogP contribution in [0.2, 0.25) is 0 Å². The third kappa shape index (κ3) is 21.7. The Morgan fingerprint density at radius 3 is 1.82 bits per heavy atom. The van der Waals surface area contributed by atoms with Gasteiger partial charge in [0.2, 0.25) is 0 Å². The van der Waals surface area contributed by atoms with E-state index in [4.69, 9.17) is 0 Å². The highest BCUT2D eigenvalue weighted by Crippen LogP contribution is 2.15. The SMILES string of the molecule is C=CC(C)(O)CCCCCCC.CCCCCCCC(C)=O. The number of rotatable bonds is 13. The fourth-order valence-corrected chi connectivity index (χ4v) is 2.17. The Morgan fingerprint density at radius 2 is 1.41 bits per heavy atom. The Hall–Kier alpha value is -0.630. The smallest absolute Gasteiger partial charge is 0.129 e. The van der Waals surface area contributed by atoms with E-state index < -0.39 is 5.60 Å². The molecule has 0 bridgehead atoms. The Kier molecular flexibility index (Phi) is 18.0. The second-order valence-corrected chi connectivity index (χ2v) is 6.59. The molecule has 1 unspecified atom stereocenters. The molecule has 0 spiro atoms. The van der Waals surface area contributed by atoms with Crippen LogP contribution in [-0.4, -0.2) is 16.5 Å². The maximum atomic E-state index is 10.5. The molecule has 0 heterocycles. The first-order chi connectivity index (χ1) is 10.4. The van der Waals surface area contributed by atoms with Gasteiger partial charge in [-0.15, -0.1) is 6.58 Å². The molecule has 0 aliphatic rings. The Bertz CT molecular complexity index is 256. The monoisotopic (exact) mass is 312 g/mol. The van der Waals surface area contributed by atoms with Crippen LogP contribution in [0.4, 0.5) is 0 Å². The Labute approximate surface area is 139 Å². The molecule has 0 fully saturated rings. The molecule has 0 aliphatic carbocycles. The highest BCUT2D eigenvalue weighted by atomic mass is 16.3. The summed E-state index contributed by atoms with van der Waals surface area (Å²) in [5, 5.41) is 9.56. The minimum Gasteiger partial charge on any atom is -0.386 e. The van der Waals surface area contributed by atoms with Gasteiger partial charge in [0.1, 0.15) is 5.78 Å². The van der Waals surface area contributed by atoms with E-state index in [2.05, 4.69) is 20.4 Å². The summed E-state index contributed by atoms with van der Waals surface area (Å²) in [5.41, 5.74) is -0.647. The van der Waals surface area contributed by atoms with Gasteiger partial charge in [-0.25, -0.2) is 0 Å². The van der Waals surface area contributed by atoms with Crippen LogP contribution < -0.4 is 0 Å². The summed E-state index contributed by atoms with van der Waals surface area (Å²) in [7, 11) is 0. The minimum absolute atomic E-state index is 0.330. The van der Waals surface area contributed by atoms with E-state index >= 15 is 0 Å². The molecule has 0 radical (unpaired) electrons. The molecule has 0 aliphatic heterocycles. The molecule has 22 heavy (non-hydrogen) atoms. The predicted molar refractivity (Wildman–Crippen MR) is 98.3 cm³/mol. The first-order valence-corrected chi connectivity index (χ1v) is 9.25. The van der Waals surface area contributed by atoms with E-state index in [-0.39, 0.29) is 0 Å². The largest absolute Gasteiger partial charge is 0.386 e. The van der Waals surface area contributed by atoms with Crippen molar-refractivity contribution in [2.24, 2.45) is 0 Å². The molecule has 132 valence electrons. The number of hydrogen-bond acceptors (Lipinski definition) is 2. The number of carbonyl (C=O) groups is 1. The molecule has 0 saturated carbocycles.